The number of rotatable bonds is 4. The van der Waals surface area contributed by atoms with Crippen LogP contribution in [-0.2, 0) is 6.61 Å². The van der Waals surface area contributed by atoms with Crippen molar-refractivity contribution in [1.82, 2.24) is 0 Å². The summed E-state index contributed by atoms with van der Waals surface area (Å²) in [6.07, 6.45) is 0. The van der Waals surface area contributed by atoms with E-state index in [-0.39, 0.29) is 23.9 Å². The van der Waals surface area contributed by atoms with Gasteiger partial charge in [0.2, 0.25) is 0 Å². The van der Waals surface area contributed by atoms with Crippen LogP contribution in [0.25, 0.3) is 0 Å². The molecule has 2 aromatic carbocycles. The molecule has 0 atom stereocenters. The van der Waals surface area contributed by atoms with Gasteiger partial charge in [-0.2, -0.15) is 0 Å². The van der Waals surface area contributed by atoms with Crippen LogP contribution in [0.15, 0.2) is 42.5 Å². The molecule has 19 heavy (non-hydrogen) atoms. The summed E-state index contributed by atoms with van der Waals surface area (Å²) in [5.74, 6) is -0.172. The summed E-state index contributed by atoms with van der Waals surface area (Å²) in [5, 5.41) is 11.0. The molecule has 0 N–H and O–H groups in total. The Hall–Kier alpha value is -2.43. The van der Waals surface area contributed by atoms with Crippen LogP contribution in [0.1, 0.15) is 11.1 Å². The summed E-state index contributed by atoms with van der Waals surface area (Å²) < 4.78 is 18.4. The molecule has 98 valence electrons. The molecule has 0 radical (unpaired) electrons. The topological polar surface area (TPSA) is 52.4 Å². The fraction of sp³-hybridized carbons (Fsp3) is 0.143. The number of nitrogens with zero attached hydrogens (tertiary/aromatic N) is 1. The number of hydrogen-bond donors (Lipinski definition) is 0. The molecule has 0 heterocycles. The second-order valence-corrected chi connectivity index (χ2v) is 4.10. The minimum absolute atomic E-state index is 0.0566. The minimum Gasteiger partial charge on any atom is -0.482 e. The molecule has 0 bridgehead atoms. The summed E-state index contributed by atoms with van der Waals surface area (Å²) in [6.45, 7) is 1.73. The van der Waals surface area contributed by atoms with Crippen molar-refractivity contribution < 1.29 is 14.1 Å². The highest BCUT2D eigenvalue weighted by molar-refractivity contribution is 5.52. The van der Waals surface area contributed by atoms with E-state index < -0.39 is 4.92 Å². The lowest BCUT2D eigenvalue weighted by molar-refractivity contribution is -0.386. The molecule has 0 aliphatic carbocycles. The highest BCUT2D eigenvalue weighted by Gasteiger charge is 2.17. The van der Waals surface area contributed by atoms with Crippen molar-refractivity contribution in [2.45, 2.75) is 13.5 Å². The summed E-state index contributed by atoms with van der Waals surface area (Å²) in [5.41, 5.74) is 1.09. The number of ether oxygens (including phenoxy) is 1. The molecule has 2 rings (SSSR count). The fourth-order valence-corrected chi connectivity index (χ4v) is 1.77. The smallest absolute Gasteiger partial charge is 0.313 e. The Morgan fingerprint density at radius 3 is 2.68 bits per heavy atom. The Labute approximate surface area is 109 Å². The van der Waals surface area contributed by atoms with Crippen molar-refractivity contribution in [1.29, 1.82) is 0 Å². The SMILES string of the molecule is Cc1cccc(OCc2cccc(F)c2)c1[N+](=O)[O-]. The number of hydrogen-bond acceptors (Lipinski definition) is 3. The van der Waals surface area contributed by atoms with Gasteiger partial charge in [-0.3, -0.25) is 10.1 Å². The zero-order valence-corrected chi connectivity index (χ0v) is 10.3. The molecule has 0 aliphatic rings. The van der Waals surface area contributed by atoms with Crippen molar-refractivity contribution in [2.24, 2.45) is 0 Å². The molecule has 2 aromatic rings. The molecule has 4 nitrogen and oxygen atoms in total. The highest BCUT2D eigenvalue weighted by atomic mass is 19.1. The van der Waals surface area contributed by atoms with Gasteiger partial charge in [0.25, 0.3) is 0 Å². The summed E-state index contributed by atoms with van der Waals surface area (Å²) >= 11 is 0. The second kappa shape index (κ2) is 5.48. The first kappa shape index (κ1) is 13.0. The van der Waals surface area contributed by atoms with Crippen LogP contribution in [0.2, 0.25) is 0 Å². The maximum Gasteiger partial charge on any atom is 0.313 e. The molecule has 0 aliphatic heterocycles. The molecule has 0 fully saturated rings. The van der Waals surface area contributed by atoms with Gasteiger partial charge in [-0.05, 0) is 30.7 Å². The molecule has 0 saturated heterocycles. The van der Waals surface area contributed by atoms with Gasteiger partial charge in [-0.1, -0.05) is 24.3 Å². The fourth-order valence-electron chi connectivity index (χ4n) is 1.77. The molecule has 0 saturated carbocycles. The lowest BCUT2D eigenvalue weighted by Gasteiger charge is -2.08. The molecule has 0 spiro atoms. The maximum atomic E-state index is 13.0. The number of nitro groups is 1. The van der Waals surface area contributed by atoms with E-state index in [1.54, 1.807) is 31.2 Å². The van der Waals surface area contributed by atoms with Crippen molar-refractivity contribution in [2.75, 3.05) is 0 Å². The Balaban J connectivity index is 2.20. The molecular weight excluding hydrogens is 249 g/mol. The van der Waals surface area contributed by atoms with Gasteiger partial charge < -0.3 is 4.74 Å². The third-order valence-corrected chi connectivity index (χ3v) is 2.67. The summed E-state index contributed by atoms with van der Waals surface area (Å²) in [6, 6.07) is 10.8. The average Bonchev–Trinajstić information content (AvgIpc) is 2.36. The number of benzene rings is 2. The largest absolute Gasteiger partial charge is 0.482 e. The predicted molar refractivity (Wildman–Crippen MR) is 68.6 cm³/mol. The lowest BCUT2D eigenvalue weighted by Crippen LogP contribution is -2.00. The molecular formula is C14H12FNO3. The summed E-state index contributed by atoms with van der Waals surface area (Å²) in [4.78, 5) is 10.5. The van der Waals surface area contributed by atoms with Gasteiger partial charge in [0.15, 0.2) is 5.75 Å². The normalized spacial score (nSPS) is 10.2. The van der Waals surface area contributed by atoms with Crippen LogP contribution in [0.5, 0.6) is 5.75 Å². The van der Waals surface area contributed by atoms with Crippen LogP contribution < -0.4 is 4.74 Å². The van der Waals surface area contributed by atoms with Crippen molar-refractivity contribution in [3.8, 4) is 5.75 Å². The van der Waals surface area contributed by atoms with Crippen molar-refractivity contribution in [3.63, 3.8) is 0 Å². The molecule has 0 unspecified atom stereocenters. The highest BCUT2D eigenvalue weighted by Crippen LogP contribution is 2.30. The predicted octanol–water partition coefficient (Wildman–Crippen LogP) is 3.62. The monoisotopic (exact) mass is 261 g/mol. The van der Waals surface area contributed by atoms with Crippen molar-refractivity contribution >= 4 is 5.69 Å². The van der Waals surface area contributed by atoms with Gasteiger partial charge >= 0.3 is 5.69 Å². The van der Waals surface area contributed by atoms with E-state index in [1.165, 1.54) is 18.2 Å². The first-order valence-corrected chi connectivity index (χ1v) is 5.69. The molecule has 5 heteroatoms. The van der Waals surface area contributed by atoms with Gasteiger partial charge in [-0.25, -0.2) is 4.39 Å². The Morgan fingerprint density at radius 2 is 2.00 bits per heavy atom. The molecule has 0 amide bonds. The van der Waals surface area contributed by atoms with Gasteiger partial charge in [0.05, 0.1) is 4.92 Å². The van der Waals surface area contributed by atoms with Gasteiger partial charge in [-0.15, -0.1) is 0 Å². The zero-order chi connectivity index (χ0) is 13.8. The first-order chi connectivity index (χ1) is 9.08. The van der Waals surface area contributed by atoms with Gasteiger partial charge in [0.1, 0.15) is 12.4 Å². The van der Waals surface area contributed by atoms with E-state index in [2.05, 4.69) is 0 Å². The first-order valence-electron chi connectivity index (χ1n) is 5.69. The standard InChI is InChI=1S/C14H12FNO3/c1-10-4-2-7-13(14(10)16(17)18)19-9-11-5-3-6-12(15)8-11/h2-8H,9H2,1H3. The van der Waals surface area contributed by atoms with E-state index in [0.717, 1.165) is 0 Å². The Morgan fingerprint density at radius 1 is 1.26 bits per heavy atom. The third kappa shape index (κ3) is 3.07. The second-order valence-electron chi connectivity index (χ2n) is 4.10. The Bertz CT molecular complexity index is 613. The average molecular weight is 261 g/mol. The number of halogens is 1. The quantitative estimate of drug-likeness (QED) is 0.624. The van der Waals surface area contributed by atoms with Gasteiger partial charge in [0, 0.05) is 5.56 Å². The van der Waals surface area contributed by atoms with Crippen molar-refractivity contribution in [3.05, 3.63) is 69.5 Å². The summed E-state index contributed by atoms with van der Waals surface area (Å²) in [7, 11) is 0. The van der Waals surface area contributed by atoms with E-state index >= 15 is 0 Å². The maximum absolute atomic E-state index is 13.0. The third-order valence-electron chi connectivity index (χ3n) is 2.67. The number of para-hydroxylation sites is 1. The van der Waals surface area contributed by atoms with Crippen LogP contribution >= 0.6 is 0 Å². The van der Waals surface area contributed by atoms with Crippen LogP contribution in [0.3, 0.4) is 0 Å². The molecule has 0 aromatic heterocycles. The lowest BCUT2D eigenvalue weighted by atomic mass is 10.2. The van der Waals surface area contributed by atoms with E-state index in [4.69, 9.17) is 4.74 Å². The van der Waals surface area contributed by atoms with E-state index in [0.29, 0.717) is 11.1 Å². The van der Waals surface area contributed by atoms with E-state index in [9.17, 15) is 14.5 Å². The number of nitro benzene ring substituents is 1. The van der Waals surface area contributed by atoms with Crippen LogP contribution in [0, 0.1) is 22.9 Å². The van der Waals surface area contributed by atoms with E-state index in [1.807, 2.05) is 0 Å². The van der Waals surface area contributed by atoms with Crippen LogP contribution in [-0.4, -0.2) is 4.92 Å². The Kier molecular flexibility index (Phi) is 3.75. The minimum atomic E-state index is -0.476. The zero-order valence-electron chi connectivity index (χ0n) is 10.3. The van der Waals surface area contributed by atoms with Crippen LogP contribution in [0.4, 0.5) is 10.1 Å². The number of aryl methyl sites for hydroxylation is 1.